The molecular formula is C9H18OSi. The molecule has 1 atom stereocenters. The monoisotopic (exact) mass is 170 g/mol. The molecule has 1 nitrogen and oxygen atoms in total. The molecule has 0 heterocycles. The van der Waals surface area contributed by atoms with E-state index in [-0.39, 0.29) is 6.61 Å². The van der Waals surface area contributed by atoms with E-state index in [0.717, 1.165) is 6.42 Å². The zero-order chi connectivity index (χ0) is 8.91. The predicted molar refractivity (Wildman–Crippen MR) is 52.0 cm³/mol. The van der Waals surface area contributed by atoms with Crippen LogP contribution in [0.1, 0.15) is 13.3 Å². The third-order valence-corrected chi connectivity index (χ3v) is 2.15. The topological polar surface area (TPSA) is 20.2 Å². The lowest BCUT2D eigenvalue weighted by molar-refractivity contribution is 0.276. The summed E-state index contributed by atoms with van der Waals surface area (Å²) in [6, 6.07) is 0. The van der Waals surface area contributed by atoms with Crippen molar-refractivity contribution in [2.75, 3.05) is 6.61 Å². The fourth-order valence-electron chi connectivity index (χ4n) is 0.606. The maximum absolute atomic E-state index is 8.61. The highest BCUT2D eigenvalue weighted by Crippen LogP contribution is 2.01. The molecule has 2 heteroatoms. The first-order chi connectivity index (χ1) is 4.95. The van der Waals surface area contributed by atoms with Gasteiger partial charge >= 0.3 is 0 Å². The highest BCUT2D eigenvalue weighted by atomic mass is 28.3. The molecule has 0 aromatic heterocycles. The number of aliphatic hydroxyl groups is 1. The summed E-state index contributed by atoms with van der Waals surface area (Å²) >= 11 is 0. The van der Waals surface area contributed by atoms with E-state index < -0.39 is 8.07 Å². The zero-order valence-corrected chi connectivity index (χ0v) is 8.94. The van der Waals surface area contributed by atoms with Crippen LogP contribution in [0.15, 0.2) is 0 Å². The average Bonchev–Trinajstić information content (AvgIpc) is 1.83. The number of aliphatic hydroxyl groups excluding tert-OH is 1. The molecule has 0 radical (unpaired) electrons. The summed E-state index contributed by atoms with van der Waals surface area (Å²) in [5, 5.41) is 8.61. The van der Waals surface area contributed by atoms with E-state index >= 15 is 0 Å². The van der Waals surface area contributed by atoms with Gasteiger partial charge in [0.2, 0.25) is 0 Å². The van der Waals surface area contributed by atoms with Gasteiger partial charge in [-0.3, -0.25) is 0 Å². The van der Waals surface area contributed by atoms with Crippen LogP contribution in [-0.2, 0) is 0 Å². The summed E-state index contributed by atoms with van der Waals surface area (Å²) in [7, 11) is -1.19. The highest BCUT2D eigenvalue weighted by Gasteiger charge is 2.07. The van der Waals surface area contributed by atoms with Crippen LogP contribution < -0.4 is 0 Å². The molecule has 64 valence electrons. The van der Waals surface area contributed by atoms with Gasteiger partial charge in [0.15, 0.2) is 0 Å². The third kappa shape index (κ3) is 7.64. The number of rotatable bonds is 2. The van der Waals surface area contributed by atoms with E-state index in [1.54, 1.807) is 0 Å². The lowest BCUT2D eigenvalue weighted by atomic mass is 10.1. The van der Waals surface area contributed by atoms with E-state index in [0.29, 0.717) is 5.92 Å². The van der Waals surface area contributed by atoms with Gasteiger partial charge in [0, 0.05) is 12.5 Å². The number of hydrogen-bond acceptors (Lipinski definition) is 1. The molecule has 0 bridgehead atoms. The first-order valence-corrected chi connectivity index (χ1v) is 7.59. The second-order valence-corrected chi connectivity index (χ2v) is 8.68. The van der Waals surface area contributed by atoms with Crippen molar-refractivity contribution in [3.05, 3.63) is 0 Å². The van der Waals surface area contributed by atoms with Crippen LogP contribution in [0.2, 0.25) is 19.6 Å². The normalized spacial score (nSPS) is 13.5. The smallest absolute Gasteiger partial charge is 0.129 e. The predicted octanol–water partition coefficient (Wildman–Crippen LogP) is 1.89. The van der Waals surface area contributed by atoms with Gasteiger partial charge in [-0.25, -0.2) is 0 Å². The molecule has 0 aromatic rings. The van der Waals surface area contributed by atoms with Gasteiger partial charge in [-0.1, -0.05) is 26.6 Å². The van der Waals surface area contributed by atoms with Crippen molar-refractivity contribution in [2.24, 2.45) is 5.92 Å². The SMILES string of the molecule is C[C@H](C#C[Si](C)(C)C)CCO. The van der Waals surface area contributed by atoms with E-state index in [4.69, 9.17) is 5.11 Å². The van der Waals surface area contributed by atoms with Crippen molar-refractivity contribution in [1.29, 1.82) is 0 Å². The average molecular weight is 170 g/mol. The van der Waals surface area contributed by atoms with Crippen LogP contribution >= 0.6 is 0 Å². The Bertz CT molecular complexity index is 159. The maximum Gasteiger partial charge on any atom is 0.129 e. The minimum Gasteiger partial charge on any atom is -0.396 e. The second kappa shape index (κ2) is 4.58. The molecular weight excluding hydrogens is 152 g/mol. The molecule has 11 heavy (non-hydrogen) atoms. The quantitative estimate of drug-likeness (QED) is 0.495. The fourth-order valence-corrected chi connectivity index (χ4v) is 1.28. The van der Waals surface area contributed by atoms with Crippen molar-refractivity contribution < 1.29 is 5.11 Å². The Kier molecular flexibility index (Phi) is 4.47. The molecule has 0 aromatic carbocycles. The summed E-state index contributed by atoms with van der Waals surface area (Å²) in [5.41, 5.74) is 3.28. The molecule has 0 saturated heterocycles. The van der Waals surface area contributed by atoms with E-state index in [1.807, 2.05) is 0 Å². The molecule has 0 fully saturated rings. The lowest BCUT2D eigenvalue weighted by Crippen LogP contribution is -2.16. The Morgan fingerprint density at radius 2 is 1.91 bits per heavy atom. The van der Waals surface area contributed by atoms with Crippen LogP contribution in [0.3, 0.4) is 0 Å². The highest BCUT2D eigenvalue weighted by molar-refractivity contribution is 6.83. The summed E-state index contributed by atoms with van der Waals surface area (Å²) in [6.07, 6.45) is 0.803. The lowest BCUT2D eigenvalue weighted by Gasteiger charge is -2.05. The Hall–Kier alpha value is -0.263. The molecule has 0 saturated carbocycles. The standard InChI is InChI=1S/C9H18OSi/c1-9(5-7-10)6-8-11(2,3)4/h9-10H,5,7H2,1-4H3/t9-/m0/s1. The van der Waals surface area contributed by atoms with Gasteiger partial charge in [-0.05, 0) is 6.42 Å². The molecule has 0 rings (SSSR count). The molecule has 0 aliphatic carbocycles. The van der Waals surface area contributed by atoms with Gasteiger partial charge < -0.3 is 5.11 Å². The summed E-state index contributed by atoms with van der Waals surface area (Å²) in [5.74, 6) is 3.53. The zero-order valence-electron chi connectivity index (χ0n) is 7.94. The van der Waals surface area contributed by atoms with Gasteiger partial charge in [0.05, 0.1) is 0 Å². The van der Waals surface area contributed by atoms with Crippen LogP contribution in [0, 0.1) is 17.4 Å². The summed E-state index contributed by atoms with van der Waals surface area (Å²) in [6.45, 7) is 8.99. The Morgan fingerprint density at radius 3 is 2.27 bits per heavy atom. The maximum atomic E-state index is 8.61. The third-order valence-electron chi connectivity index (χ3n) is 1.26. The molecule has 0 aliphatic heterocycles. The molecule has 1 N–H and O–H groups in total. The molecule has 0 unspecified atom stereocenters. The number of hydrogen-bond donors (Lipinski definition) is 1. The van der Waals surface area contributed by atoms with Crippen LogP contribution in [0.5, 0.6) is 0 Å². The van der Waals surface area contributed by atoms with Crippen molar-refractivity contribution in [1.82, 2.24) is 0 Å². The van der Waals surface area contributed by atoms with Gasteiger partial charge in [0.1, 0.15) is 8.07 Å². The van der Waals surface area contributed by atoms with Gasteiger partial charge in [-0.2, -0.15) is 0 Å². The largest absolute Gasteiger partial charge is 0.396 e. The molecule has 0 spiro atoms. The van der Waals surface area contributed by atoms with Crippen LogP contribution in [0.25, 0.3) is 0 Å². The molecule has 0 amide bonds. The summed E-state index contributed by atoms with van der Waals surface area (Å²) < 4.78 is 0. The minimum absolute atomic E-state index is 0.252. The summed E-state index contributed by atoms with van der Waals surface area (Å²) in [4.78, 5) is 0. The van der Waals surface area contributed by atoms with E-state index in [9.17, 15) is 0 Å². The van der Waals surface area contributed by atoms with Crippen LogP contribution in [-0.4, -0.2) is 19.8 Å². The Labute approximate surface area is 70.8 Å². The van der Waals surface area contributed by atoms with Crippen molar-refractivity contribution in [3.63, 3.8) is 0 Å². The Morgan fingerprint density at radius 1 is 1.36 bits per heavy atom. The van der Waals surface area contributed by atoms with Crippen LogP contribution in [0.4, 0.5) is 0 Å². The Balaban J connectivity index is 3.87. The minimum atomic E-state index is -1.19. The van der Waals surface area contributed by atoms with Gasteiger partial charge in [-0.15, -0.1) is 11.5 Å². The van der Waals surface area contributed by atoms with Crippen molar-refractivity contribution in [2.45, 2.75) is 33.0 Å². The van der Waals surface area contributed by atoms with Crippen molar-refractivity contribution >= 4 is 8.07 Å². The fraction of sp³-hybridized carbons (Fsp3) is 0.778. The second-order valence-electron chi connectivity index (χ2n) is 3.93. The van der Waals surface area contributed by atoms with Gasteiger partial charge in [0.25, 0.3) is 0 Å². The first kappa shape index (κ1) is 10.7. The first-order valence-electron chi connectivity index (χ1n) is 4.09. The van der Waals surface area contributed by atoms with E-state index in [1.165, 1.54) is 0 Å². The molecule has 0 aliphatic rings. The van der Waals surface area contributed by atoms with E-state index in [2.05, 4.69) is 38.0 Å². The van der Waals surface area contributed by atoms with Crippen molar-refractivity contribution in [3.8, 4) is 11.5 Å².